The summed E-state index contributed by atoms with van der Waals surface area (Å²) in [5.74, 6) is 0. The summed E-state index contributed by atoms with van der Waals surface area (Å²) in [4.78, 5) is 0. The molecule has 0 rings (SSSR count). The van der Waals surface area contributed by atoms with Crippen molar-refractivity contribution in [3.05, 3.63) is 0 Å². The predicted octanol–water partition coefficient (Wildman–Crippen LogP) is 3.22. The maximum atomic E-state index is 5.04. The minimum Gasteiger partial charge on any atom is -0.383 e. The molecule has 0 fully saturated rings. The van der Waals surface area contributed by atoms with E-state index in [0.29, 0.717) is 5.41 Å². The van der Waals surface area contributed by atoms with E-state index in [0.717, 1.165) is 19.7 Å². The average Bonchev–Trinajstić information content (AvgIpc) is 2.22. The Hall–Kier alpha value is -0.0800. The molecule has 0 aromatic carbocycles. The van der Waals surface area contributed by atoms with Crippen molar-refractivity contribution >= 4 is 0 Å². The van der Waals surface area contributed by atoms with Crippen molar-refractivity contribution in [1.82, 2.24) is 5.32 Å². The van der Waals surface area contributed by atoms with Gasteiger partial charge in [-0.15, -0.1) is 0 Å². The molecule has 0 aromatic rings. The number of ether oxygens (including phenoxy) is 1. The molecule has 1 unspecified atom stereocenters. The van der Waals surface area contributed by atoms with Gasteiger partial charge in [-0.2, -0.15) is 0 Å². The highest BCUT2D eigenvalue weighted by atomic mass is 16.5. The van der Waals surface area contributed by atoms with Crippen LogP contribution in [-0.2, 0) is 4.74 Å². The normalized spacial score (nSPS) is 15.2. The molecule has 2 heteroatoms. The number of nitrogens with one attached hydrogen (secondary N) is 1. The van der Waals surface area contributed by atoms with E-state index in [-0.39, 0.29) is 0 Å². The van der Waals surface area contributed by atoms with E-state index >= 15 is 0 Å². The molecule has 1 N–H and O–H groups in total. The highest BCUT2D eigenvalue weighted by Crippen LogP contribution is 2.28. The first kappa shape index (κ1) is 14.9. The monoisotopic (exact) mass is 215 g/mol. The second kappa shape index (κ2) is 9.17. The quantitative estimate of drug-likeness (QED) is 0.565. The third-order valence-corrected chi connectivity index (χ3v) is 3.02. The van der Waals surface area contributed by atoms with Crippen LogP contribution in [0.15, 0.2) is 0 Å². The second-order valence-electron chi connectivity index (χ2n) is 4.83. The predicted molar refractivity (Wildman–Crippen MR) is 67.3 cm³/mol. The number of rotatable bonds is 10. The van der Waals surface area contributed by atoms with Gasteiger partial charge in [-0.3, -0.25) is 0 Å². The van der Waals surface area contributed by atoms with Crippen molar-refractivity contribution in [3.63, 3.8) is 0 Å². The summed E-state index contributed by atoms with van der Waals surface area (Å²) >= 11 is 0. The Bertz CT molecular complexity index is 138. The molecule has 0 radical (unpaired) electrons. The van der Waals surface area contributed by atoms with E-state index in [4.69, 9.17) is 4.74 Å². The first-order chi connectivity index (χ1) is 7.18. The van der Waals surface area contributed by atoms with Crippen molar-refractivity contribution in [1.29, 1.82) is 0 Å². The van der Waals surface area contributed by atoms with Gasteiger partial charge in [0.1, 0.15) is 0 Å². The van der Waals surface area contributed by atoms with Gasteiger partial charge in [0.05, 0.1) is 6.61 Å². The minimum absolute atomic E-state index is 0.485. The zero-order valence-corrected chi connectivity index (χ0v) is 11.1. The van der Waals surface area contributed by atoms with Crippen LogP contribution in [0, 0.1) is 5.41 Å². The van der Waals surface area contributed by atoms with Crippen molar-refractivity contribution in [2.75, 3.05) is 26.8 Å². The third kappa shape index (κ3) is 7.80. The first-order valence-corrected chi connectivity index (χ1v) is 6.38. The second-order valence-corrected chi connectivity index (χ2v) is 4.83. The molecule has 92 valence electrons. The number of hydrogen-bond acceptors (Lipinski definition) is 2. The maximum Gasteiger partial charge on any atom is 0.0587 e. The van der Waals surface area contributed by atoms with Crippen LogP contribution in [0.1, 0.15) is 52.9 Å². The standard InChI is InChI=1S/C13H29NO/c1-5-7-9-13(3,8-6-2)12-14-10-11-15-4/h14H,5-12H2,1-4H3. The lowest BCUT2D eigenvalue weighted by atomic mass is 9.80. The molecule has 0 saturated heterocycles. The lowest BCUT2D eigenvalue weighted by Gasteiger charge is -2.29. The Morgan fingerprint density at radius 2 is 1.87 bits per heavy atom. The SMILES string of the molecule is CCCCC(C)(CCC)CNCCOC. The van der Waals surface area contributed by atoms with Crippen molar-refractivity contribution < 1.29 is 4.74 Å². The number of hydrogen-bond donors (Lipinski definition) is 1. The summed E-state index contributed by atoms with van der Waals surface area (Å²) in [7, 11) is 1.75. The third-order valence-electron chi connectivity index (χ3n) is 3.02. The summed E-state index contributed by atoms with van der Waals surface area (Å²) in [5, 5.41) is 3.50. The molecule has 0 saturated carbocycles. The molecule has 0 bridgehead atoms. The summed E-state index contributed by atoms with van der Waals surface area (Å²) in [6, 6.07) is 0. The van der Waals surface area contributed by atoms with Crippen LogP contribution in [0.5, 0.6) is 0 Å². The zero-order valence-electron chi connectivity index (χ0n) is 11.1. The molecule has 0 aliphatic rings. The van der Waals surface area contributed by atoms with Gasteiger partial charge in [0.15, 0.2) is 0 Å². The van der Waals surface area contributed by atoms with Crippen molar-refractivity contribution in [2.24, 2.45) is 5.41 Å². The van der Waals surface area contributed by atoms with E-state index in [1.165, 1.54) is 32.1 Å². The Labute approximate surface area is 95.8 Å². The van der Waals surface area contributed by atoms with Crippen LogP contribution < -0.4 is 5.32 Å². The topological polar surface area (TPSA) is 21.3 Å². The van der Waals surface area contributed by atoms with Crippen LogP contribution in [0.3, 0.4) is 0 Å². The van der Waals surface area contributed by atoms with E-state index in [2.05, 4.69) is 26.1 Å². The van der Waals surface area contributed by atoms with Gasteiger partial charge in [0.2, 0.25) is 0 Å². The van der Waals surface area contributed by atoms with Crippen molar-refractivity contribution in [2.45, 2.75) is 52.9 Å². The molecule has 0 amide bonds. The van der Waals surface area contributed by atoms with Crippen LogP contribution in [0.4, 0.5) is 0 Å². The number of methoxy groups -OCH3 is 1. The summed E-state index contributed by atoms with van der Waals surface area (Å²) < 4.78 is 5.04. The molecule has 0 aliphatic heterocycles. The fourth-order valence-corrected chi connectivity index (χ4v) is 2.07. The van der Waals surface area contributed by atoms with Crippen LogP contribution >= 0.6 is 0 Å². The molecule has 2 nitrogen and oxygen atoms in total. The molecular formula is C13H29NO. The fourth-order valence-electron chi connectivity index (χ4n) is 2.07. The lowest BCUT2D eigenvalue weighted by molar-refractivity contribution is 0.186. The summed E-state index contributed by atoms with van der Waals surface area (Å²) in [6.45, 7) is 9.87. The van der Waals surface area contributed by atoms with Gasteiger partial charge in [0, 0.05) is 20.2 Å². The van der Waals surface area contributed by atoms with Crippen LogP contribution in [0.25, 0.3) is 0 Å². The highest BCUT2D eigenvalue weighted by Gasteiger charge is 2.21. The summed E-state index contributed by atoms with van der Waals surface area (Å²) in [5.41, 5.74) is 0.485. The smallest absolute Gasteiger partial charge is 0.0587 e. The molecule has 0 aromatic heterocycles. The summed E-state index contributed by atoms with van der Waals surface area (Å²) in [6.07, 6.45) is 6.61. The van der Waals surface area contributed by atoms with Crippen LogP contribution in [0.2, 0.25) is 0 Å². The molecule has 0 spiro atoms. The van der Waals surface area contributed by atoms with Gasteiger partial charge >= 0.3 is 0 Å². The van der Waals surface area contributed by atoms with Gasteiger partial charge in [-0.25, -0.2) is 0 Å². The Kier molecular flexibility index (Phi) is 9.12. The van der Waals surface area contributed by atoms with Gasteiger partial charge in [-0.05, 0) is 18.3 Å². The Balaban J connectivity index is 3.78. The highest BCUT2D eigenvalue weighted by molar-refractivity contribution is 4.76. The van der Waals surface area contributed by atoms with E-state index in [1.807, 2.05) is 0 Å². The first-order valence-electron chi connectivity index (χ1n) is 6.38. The molecule has 1 atom stereocenters. The van der Waals surface area contributed by atoms with E-state index in [1.54, 1.807) is 7.11 Å². The zero-order chi connectivity index (χ0) is 11.6. The maximum absolute atomic E-state index is 5.04. The fraction of sp³-hybridized carbons (Fsp3) is 1.00. The van der Waals surface area contributed by atoms with E-state index in [9.17, 15) is 0 Å². The molecule has 0 aliphatic carbocycles. The van der Waals surface area contributed by atoms with Gasteiger partial charge in [0.25, 0.3) is 0 Å². The molecular weight excluding hydrogens is 186 g/mol. The molecule has 15 heavy (non-hydrogen) atoms. The van der Waals surface area contributed by atoms with Gasteiger partial charge < -0.3 is 10.1 Å². The molecule has 0 heterocycles. The van der Waals surface area contributed by atoms with E-state index < -0.39 is 0 Å². The number of unbranched alkanes of at least 4 members (excludes halogenated alkanes) is 1. The minimum atomic E-state index is 0.485. The van der Waals surface area contributed by atoms with Crippen molar-refractivity contribution in [3.8, 4) is 0 Å². The van der Waals surface area contributed by atoms with Crippen LogP contribution in [-0.4, -0.2) is 26.8 Å². The average molecular weight is 215 g/mol. The Morgan fingerprint density at radius 1 is 1.13 bits per heavy atom. The van der Waals surface area contributed by atoms with Gasteiger partial charge in [-0.1, -0.05) is 40.0 Å². The largest absolute Gasteiger partial charge is 0.383 e. The Morgan fingerprint density at radius 3 is 2.40 bits per heavy atom. The lowest BCUT2D eigenvalue weighted by Crippen LogP contribution is -2.33.